The third kappa shape index (κ3) is 4.39. The van der Waals surface area contributed by atoms with Crippen molar-refractivity contribution >= 4 is 114 Å². The minimum Gasteiger partial charge on any atom is -0.456 e. The molecule has 9 aromatic carbocycles. The highest BCUT2D eigenvalue weighted by Crippen LogP contribution is 2.45. The SMILES string of the molecule is c1ccc2cc(N(c3ccc4c(c3)oc3cccc(-c5nc6ccc7ccccc7c6o5)c34)c3ccc4c(c3)sc3c5ccccc5ccc43)ccc2c1. The Labute approximate surface area is 312 Å². The summed E-state index contributed by atoms with van der Waals surface area (Å²) >= 11 is 1.86. The van der Waals surface area contributed by atoms with Crippen LogP contribution >= 0.6 is 11.3 Å². The lowest BCUT2D eigenvalue weighted by atomic mass is 10.0. The molecule has 0 amide bonds. The molecule has 0 fully saturated rings. The summed E-state index contributed by atoms with van der Waals surface area (Å²) in [7, 11) is 0. The van der Waals surface area contributed by atoms with Gasteiger partial charge in [0.1, 0.15) is 16.7 Å². The third-order valence-corrected chi connectivity index (χ3v) is 12.0. The lowest BCUT2D eigenvalue weighted by Gasteiger charge is -2.26. The first-order chi connectivity index (χ1) is 26.7. The average Bonchev–Trinajstić information content (AvgIpc) is 3.94. The number of furan rings is 1. The zero-order valence-corrected chi connectivity index (χ0v) is 29.6. The van der Waals surface area contributed by atoms with Crippen molar-refractivity contribution in [3.8, 4) is 11.5 Å². The summed E-state index contributed by atoms with van der Waals surface area (Å²) in [5, 5.41) is 11.7. The maximum atomic E-state index is 6.65. The minimum absolute atomic E-state index is 0.584. The fraction of sp³-hybridized carbons (Fsp3) is 0. The van der Waals surface area contributed by atoms with Gasteiger partial charge >= 0.3 is 0 Å². The molecule has 54 heavy (non-hydrogen) atoms. The van der Waals surface area contributed by atoms with Gasteiger partial charge in [-0.15, -0.1) is 11.3 Å². The number of hydrogen-bond acceptors (Lipinski definition) is 5. The Hall–Kier alpha value is -6.95. The number of benzene rings is 9. The molecule has 0 saturated heterocycles. The normalized spacial score (nSPS) is 12.1. The van der Waals surface area contributed by atoms with Crippen molar-refractivity contribution in [2.45, 2.75) is 0 Å². The van der Waals surface area contributed by atoms with E-state index in [1.807, 2.05) is 41.7 Å². The first-order valence-corrected chi connectivity index (χ1v) is 18.9. The highest BCUT2D eigenvalue weighted by Gasteiger charge is 2.21. The van der Waals surface area contributed by atoms with Crippen molar-refractivity contribution in [3.05, 3.63) is 170 Å². The number of rotatable bonds is 4. The smallest absolute Gasteiger partial charge is 0.228 e. The summed E-state index contributed by atoms with van der Waals surface area (Å²) in [6, 6.07) is 60.3. The van der Waals surface area contributed by atoms with Gasteiger partial charge in [-0.2, -0.15) is 0 Å². The van der Waals surface area contributed by atoms with Crippen LogP contribution in [-0.4, -0.2) is 4.98 Å². The zero-order chi connectivity index (χ0) is 35.3. The van der Waals surface area contributed by atoms with Gasteiger partial charge in [0, 0.05) is 65.0 Å². The van der Waals surface area contributed by atoms with Gasteiger partial charge in [-0.25, -0.2) is 4.98 Å². The molecule has 0 aliphatic rings. The molecule has 0 aliphatic heterocycles. The van der Waals surface area contributed by atoms with E-state index in [0.717, 1.165) is 66.4 Å². The number of fused-ring (bicyclic) bond motifs is 12. The van der Waals surface area contributed by atoms with Crippen LogP contribution in [0, 0.1) is 0 Å². The summed E-state index contributed by atoms with van der Waals surface area (Å²) in [5.74, 6) is 0.584. The molecule has 0 bridgehead atoms. The summed E-state index contributed by atoms with van der Waals surface area (Å²) < 4.78 is 15.8. The lowest BCUT2D eigenvalue weighted by molar-refractivity contribution is 0.623. The Morgan fingerprint density at radius 2 is 1.11 bits per heavy atom. The highest BCUT2D eigenvalue weighted by atomic mass is 32.1. The Morgan fingerprint density at radius 3 is 2.00 bits per heavy atom. The molecule has 0 N–H and O–H groups in total. The first kappa shape index (κ1) is 29.6. The van der Waals surface area contributed by atoms with Gasteiger partial charge in [0.15, 0.2) is 5.58 Å². The lowest BCUT2D eigenvalue weighted by Crippen LogP contribution is -2.09. The minimum atomic E-state index is 0.584. The second-order valence-electron chi connectivity index (χ2n) is 13.9. The molecule has 0 spiro atoms. The van der Waals surface area contributed by atoms with Gasteiger partial charge in [-0.3, -0.25) is 0 Å². The Balaban J connectivity index is 1.04. The molecule has 0 atom stereocenters. The van der Waals surface area contributed by atoms with E-state index in [1.54, 1.807) is 0 Å². The van der Waals surface area contributed by atoms with Crippen molar-refractivity contribution < 1.29 is 8.83 Å². The topological polar surface area (TPSA) is 42.4 Å². The first-order valence-electron chi connectivity index (χ1n) is 18.1. The van der Waals surface area contributed by atoms with Gasteiger partial charge < -0.3 is 13.7 Å². The van der Waals surface area contributed by atoms with E-state index in [4.69, 9.17) is 13.8 Å². The van der Waals surface area contributed by atoms with Gasteiger partial charge in [0.2, 0.25) is 5.89 Å². The number of anilines is 3. The van der Waals surface area contributed by atoms with Crippen LogP contribution in [0.3, 0.4) is 0 Å². The van der Waals surface area contributed by atoms with Crippen LogP contribution < -0.4 is 4.90 Å². The van der Waals surface area contributed by atoms with Crippen molar-refractivity contribution in [2.75, 3.05) is 4.90 Å². The van der Waals surface area contributed by atoms with Crippen LogP contribution in [0.4, 0.5) is 17.1 Å². The van der Waals surface area contributed by atoms with Gasteiger partial charge in [0.05, 0.1) is 0 Å². The molecule has 0 unspecified atom stereocenters. The molecule has 3 heterocycles. The molecule has 252 valence electrons. The quantitative estimate of drug-likeness (QED) is 0.183. The number of oxazole rings is 1. The van der Waals surface area contributed by atoms with E-state index in [1.165, 1.54) is 41.7 Å². The van der Waals surface area contributed by atoms with Crippen LogP contribution in [0.15, 0.2) is 179 Å². The zero-order valence-electron chi connectivity index (χ0n) is 28.8. The predicted molar refractivity (Wildman–Crippen MR) is 227 cm³/mol. The second-order valence-corrected chi connectivity index (χ2v) is 15.0. The van der Waals surface area contributed by atoms with E-state index >= 15 is 0 Å². The maximum absolute atomic E-state index is 6.65. The molecule has 0 aliphatic carbocycles. The fourth-order valence-corrected chi connectivity index (χ4v) is 9.57. The highest BCUT2D eigenvalue weighted by molar-refractivity contribution is 7.26. The molecular weight excluding hydrogens is 681 g/mol. The second kappa shape index (κ2) is 11.3. The number of thiophene rings is 1. The van der Waals surface area contributed by atoms with E-state index in [0.29, 0.717) is 5.89 Å². The molecule has 0 radical (unpaired) electrons. The van der Waals surface area contributed by atoms with Crippen LogP contribution in [-0.2, 0) is 0 Å². The summed E-state index contributed by atoms with van der Waals surface area (Å²) in [5.41, 5.74) is 7.32. The maximum Gasteiger partial charge on any atom is 0.228 e. The number of hydrogen-bond donors (Lipinski definition) is 0. The molecule has 4 nitrogen and oxygen atoms in total. The van der Waals surface area contributed by atoms with Crippen LogP contribution in [0.2, 0.25) is 0 Å². The fourth-order valence-electron chi connectivity index (χ4n) is 8.30. The molecule has 12 rings (SSSR count). The third-order valence-electron chi connectivity index (χ3n) is 10.8. The van der Waals surface area contributed by atoms with Gasteiger partial charge in [0.25, 0.3) is 0 Å². The Morgan fingerprint density at radius 1 is 0.444 bits per heavy atom. The van der Waals surface area contributed by atoms with Crippen LogP contribution in [0.5, 0.6) is 0 Å². The van der Waals surface area contributed by atoms with Crippen molar-refractivity contribution in [3.63, 3.8) is 0 Å². The van der Waals surface area contributed by atoms with Crippen molar-refractivity contribution in [1.82, 2.24) is 4.98 Å². The standard InChI is InChI=1S/C49H28N2O2S/c1-2-11-32-26-33(19-16-29(32)8-1)51(35-20-23-38-39-22-17-31-10-4-6-13-37(31)48(39)54-45(38)28-35)34-21-24-40-44(27-34)52-43-15-7-14-41(46(40)43)49-50-42-25-18-30-9-3-5-12-36(30)47(42)53-49/h1-28H. The molecule has 12 aromatic rings. The van der Waals surface area contributed by atoms with Crippen molar-refractivity contribution in [1.29, 1.82) is 0 Å². The van der Waals surface area contributed by atoms with Crippen LogP contribution in [0.25, 0.3) is 97.0 Å². The molecule has 0 saturated carbocycles. The number of nitrogens with zero attached hydrogens (tertiary/aromatic N) is 2. The van der Waals surface area contributed by atoms with Gasteiger partial charge in [-0.1, -0.05) is 109 Å². The average molecular weight is 709 g/mol. The Kier molecular flexibility index (Phi) is 6.18. The van der Waals surface area contributed by atoms with Crippen LogP contribution in [0.1, 0.15) is 0 Å². The largest absolute Gasteiger partial charge is 0.456 e. The van der Waals surface area contributed by atoms with Gasteiger partial charge in [-0.05, 0) is 81.5 Å². The monoisotopic (exact) mass is 708 g/mol. The van der Waals surface area contributed by atoms with E-state index in [-0.39, 0.29) is 0 Å². The summed E-state index contributed by atoms with van der Waals surface area (Å²) in [6.07, 6.45) is 0. The predicted octanol–water partition coefficient (Wildman–Crippen LogP) is 14.7. The molecule has 3 aromatic heterocycles. The molecule has 5 heteroatoms. The van der Waals surface area contributed by atoms with E-state index < -0.39 is 0 Å². The Bertz CT molecular complexity index is 3480. The summed E-state index contributed by atoms with van der Waals surface area (Å²) in [6.45, 7) is 0. The van der Waals surface area contributed by atoms with Crippen molar-refractivity contribution in [2.24, 2.45) is 0 Å². The van der Waals surface area contributed by atoms with E-state index in [2.05, 4.69) is 144 Å². The number of aromatic nitrogens is 1. The molecular formula is C49H28N2O2S. The van der Waals surface area contributed by atoms with E-state index in [9.17, 15) is 0 Å². The summed E-state index contributed by atoms with van der Waals surface area (Å²) in [4.78, 5) is 7.30.